The highest BCUT2D eigenvalue weighted by Crippen LogP contribution is 2.14. The van der Waals surface area contributed by atoms with Crippen LogP contribution < -0.4 is 10.5 Å². The maximum absolute atomic E-state index is 6.12. The first-order valence-corrected chi connectivity index (χ1v) is 6.71. The summed E-state index contributed by atoms with van der Waals surface area (Å²) >= 11 is 0. The number of rotatable bonds is 10. The van der Waals surface area contributed by atoms with Crippen LogP contribution in [0.3, 0.4) is 0 Å². The summed E-state index contributed by atoms with van der Waals surface area (Å²) in [6.45, 7) is 2.05. The lowest BCUT2D eigenvalue weighted by molar-refractivity contribution is 0.0682. The summed E-state index contributed by atoms with van der Waals surface area (Å²) in [4.78, 5) is 0. The molecule has 0 aliphatic heterocycles. The first kappa shape index (κ1) is 16.0. The maximum Gasteiger partial charge on any atom is 0.119 e. The van der Waals surface area contributed by atoms with Crippen molar-refractivity contribution < 1.29 is 14.2 Å². The predicted octanol–water partition coefficient (Wildman–Crippen LogP) is 2.01. The second kappa shape index (κ2) is 9.78. The van der Waals surface area contributed by atoms with Crippen molar-refractivity contribution in [1.82, 2.24) is 0 Å². The SMILES string of the molecule is COCCOCCCC(N)Cc1cccc(OC)c1. The van der Waals surface area contributed by atoms with Gasteiger partial charge in [-0.05, 0) is 37.0 Å². The fourth-order valence-corrected chi connectivity index (χ4v) is 1.90. The summed E-state index contributed by atoms with van der Waals surface area (Å²) in [6, 6.07) is 8.22. The Morgan fingerprint density at radius 3 is 2.74 bits per heavy atom. The molecule has 0 spiro atoms. The van der Waals surface area contributed by atoms with Crippen LogP contribution in [0.1, 0.15) is 18.4 Å². The molecule has 4 nitrogen and oxygen atoms in total. The van der Waals surface area contributed by atoms with E-state index in [1.807, 2.05) is 18.2 Å². The molecule has 0 aromatic heterocycles. The molecular formula is C15H25NO3. The van der Waals surface area contributed by atoms with Crippen LogP contribution in [-0.4, -0.2) is 40.1 Å². The zero-order valence-corrected chi connectivity index (χ0v) is 11.9. The van der Waals surface area contributed by atoms with Crippen molar-refractivity contribution in [3.8, 4) is 5.75 Å². The largest absolute Gasteiger partial charge is 0.497 e. The van der Waals surface area contributed by atoms with Gasteiger partial charge in [0.05, 0.1) is 20.3 Å². The predicted molar refractivity (Wildman–Crippen MR) is 76.6 cm³/mol. The Morgan fingerprint density at radius 1 is 1.16 bits per heavy atom. The smallest absolute Gasteiger partial charge is 0.119 e. The molecule has 0 aliphatic rings. The molecule has 1 rings (SSSR count). The van der Waals surface area contributed by atoms with E-state index >= 15 is 0 Å². The van der Waals surface area contributed by atoms with Gasteiger partial charge >= 0.3 is 0 Å². The molecule has 0 heterocycles. The lowest BCUT2D eigenvalue weighted by Crippen LogP contribution is -2.23. The minimum Gasteiger partial charge on any atom is -0.497 e. The molecule has 1 unspecified atom stereocenters. The third-order valence-electron chi connectivity index (χ3n) is 2.93. The fourth-order valence-electron chi connectivity index (χ4n) is 1.90. The Bertz CT molecular complexity index is 344. The molecule has 0 bridgehead atoms. The highest BCUT2D eigenvalue weighted by atomic mass is 16.5. The van der Waals surface area contributed by atoms with E-state index in [0.717, 1.165) is 31.6 Å². The first-order chi connectivity index (χ1) is 9.26. The van der Waals surface area contributed by atoms with E-state index in [4.69, 9.17) is 19.9 Å². The van der Waals surface area contributed by atoms with Crippen molar-refractivity contribution in [1.29, 1.82) is 0 Å². The van der Waals surface area contributed by atoms with E-state index in [1.165, 1.54) is 5.56 Å². The average Bonchev–Trinajstić information content (AvgIpc) is 2.43. The van der Waals surface area contributed by atoms with Crippen LogP contribution in [0.5, 0.6) is 5.75 Å². The van der Waals surface area contributed by atoms with Gasteiger partial charge in [-0.1, -0.05) is 12.1 Å². The Hall–Kier alpha value is -1.10. The second-order valence-electron chi connectivity index (χ2n) is 4.56. The van der Waals surface area contributed by atoms with E-state index in [0.29, 0.717) is 13.2 Å². The molecule has 19 heavy (non-hydrogen) atoms. The minimum atomic E-state index is 0.165. The number of ether oxygens (including phenoxy) is 3. The number of benzene rings is 1. The van der Waals surface area contributed by atoms with Gasteiger partial charge in [-0.25, -0.2) is 0 Å². The molecule has 0 saturated carbocycles. The van der Waals surface area contributed by atoms with Crippen LogP contribution in [0, 0.1) is 0 Å². The quantitative estimate of drug-likeness (QED) is 0.659. The van der Waals surface area contributed by atoms with E-state index in [9.17, 15) is 0 Å². The fraction of sp³-hybridized carbons (Fsp3) is 0.600. The minimum absolute atomic E-state index is 0.165. The molecular weight excluding hydrogens is 242 g/mol. The Labute approximate surface area is 115 Å². The van der Waals surface area contributed by atoms with Crippen molar-refractivity contribution in [2.24, 2.45) is 5.73 Å². The van der Waals surface area contributed by atoms with E-state index in [2.05, 4.69) is 6.07 Å². The molecule has 2 N–H and O–H groups in total. The molecule has 0 amide bonds. The molecule has 0 saturated heterocycles. The van der Waals surface area contributed by atoms with Crippen LogP contribution in [0.4, 0.5) is 0 Å². The Balaban J connectivity index is 2.17. The standard InChI is InChI=1S/C15H25NO3/c1-17-9-10-19-8-4-6-14(16)11-13-5-3-7-15(12-13)18-2/h3,5,7,12,14H,4,6,8-11,16H2,1-2H3. The highest BCUT2D eigenvalue weighted by molar-refractivity contribution is 5.28. The zero-order valence-electron chi connectivity index (χ0n) is 11.9. The third-order valence-corrected chi connectivity index (χ3v) is 2.93. The topological polar surface area (TPSA) is 53.7 Å². The van der Waals surface area contributed by atoms with Gasteiger partial charge in [0.25, 0.3) is 0 Å². The van der Waals surface area contributed by atoms with Gasteiger partial charge in [0.15, 0.2) is 0 Å². The van der Waals surface area contributed by atoms with E-state index in [1.54, 1.807) is 14.2 Å². The van der Waals surface area contributed by atoms with Gasteiger partial charge < -0.3 is 19.9 Å². The van der Waals surface area contributed by atoms with Gasteiger partial charge in [-0.3, -0.25) is 0 Å². The summed E-state index contributed by atoms with van der Waals surface area (Å²) in [6.07, 6.45) is 2.81. The summed E-state index contributed by atoms with van der Waals surface area (Å²) in [5, 5.41) is 0. The van der Waals surface area contributed by atoms with Gasteiger partial charge in [-0.2, -0.15) is 0 Å². The molecule has 1 atom stereocenters. The second-order valence-corrected chi connectivity index (χ2v) is 4.56. The van der Waals surface area contributed by atoms with Gasteiger partial charge in [0.2, 0.25) is 0 Å². The summed E-state index contributed by atoms with van der Waals surface area (Å²) in [5.41, 5.74) is 7.33. The molecule has 4 heteroatoms. The van der Waals surface area contributed by atoms with E-state index < -0.39 is 0 Å². The van der Waals surface area contributed by atoms with Crippen molar-refractivity contribution in [3.05, 3.63) is 29.8 Å². The lowest BCUT2D eigenvalue weighted by atomic mass is 10.0. The van der Waals surface area contributed by atoms with Crippen molar-refractivity contribution >= 4 is 0 Å². The number of methoxy groups -OCH3 is 2. The number of hydrogen-bond acceptors (Lipinski definition) is 4. The van der Waals surface area contributed by atoms with Crippen LogP contribution in [0.25, 0.3) is 0 Å². The van der Waals surface area contributed by atoms with E-state index in [-0.39, 0.29) is 6.04 Å². The Morgan fingerprint density at radius 2 is 2.00 bits per heavy atom. The molecule has 108 valence electrons. The molecule has 0 aliphatic carbocycles. The van der Waals surface area contributed by atoms with Gasteiger partial charge in [-0.15, -0.1) is 0 Å². The summed E-state index contributed by atoms with van der Waals surface area (Å²) in [7, 11) is 3.35. The molecule has 0 radical (unpaired) electrons. The Kier molecular flexibility index (Phi) is 8.21. The van der Waals surface area contributed by atoms with Gasteiger partial charge in [0.1, 0.15) is 5.75 Å². The lowest BCUT2D eigenvalue weighted by Gasteiger charge is -2.12. The highest BCUT2D eigenvalue weighted by Gasteiger charge is 2.05. The number of nitrogens with two attached hydrogens (primary N) is 1. The average molecular weight is 267 g/mol. The third kappa shape index (κ3) is 7.15. The van der Waals surface area contributed by atoms with Crippen molar-refractivity contribution in [2.75, 3.05) is 34.0 Å². The van der Waals surface area contributed by atoms with Crippen LogP contribution in [0.2, 0.25) is 0 Å². The van der Waals surface area contributed by atoms with Crippen molar-refractivity contribution in [2.45, 2.75) is 25.3 Å². The molecule has 1 aromatic carbocycles. The van der Waals surface area contributed by atoms with Gasteiger partial charge in [0, 0.05) is 19.8 Å². The monoisotopic (exact) mass is 267 g/mol. The maximum atomic E-state index is 6.12. The summed E-state index contributed by atoms with van der Waals surface area (Å²) in [5.74, 6) is 0.882. The summed E-state index contributed by atoms with van der Waals surface area (Å²) < 4.78 is 15.5. The zero-order chi connectivity index (χ0) is 13.9. The normalized spacial score (nSPS) is 12.4. The van der Waals surface area contributed by atoms with Crippen LogP contribution in [-0.2, 0) is 15.9 Å². The molecule has 1 aromatic rings. The molecule has 0 fully saturated rings. The number of hydrogen-bond donors (Lipinski definition) is 1. The van der Waals surface area contributed by atoms with Crippen molar-refractivity contribution in [3.63, 3.8) is 0 Å². The van der Waals surface area contributed by atoms with Crippen LogP contribution >= 0.6 is 0 Å². The van der Waals surface area contributed by atoms with Crippen LogP contribution in [0.15, 0.2) is 24.3 Å². The first-order valence-electron chi connectivity index (χ1n) is 6.71.